The highest BCUT2D eigenvalue weighted by Gasteiger charge is 2.25. The first-order valence-corrected chi connectivity index (χ1v) is 10.3. The molecule has 3 aromatic carbocycles. The summed E-state index contributed by atoms with van der Waals surface area (Å²) in [4.78, 5) is 31.0. The summed E-state index contributed by atoms with van der Waals surface area (Å²) in [5, 5.41) is 3.34. The molecule has 5 rings (SSSR count). The Hall–Kier alpha value is -3.71. The third-order valence-electron chi connectivity index (χ3n) is 5.17. The predicted molar refractivity (Wildman–Crippen MR) is 125 cm³/mol. The van der Waals surface area contributed by atoms with E-state index >= 15 is 0 Å². The highest BCUT2D eigenvalue weighted by Crippen LogP contribution is 2.35. The number of hydrogen-bond acceptors (Lipinski definition) is 4. The minimum absolute atomic E-state index is 0.241. The molecule has 0 bridgehead atoms. The zero-order valence-electron chi connectivity index (χ0n) is 16.4. The average Bonchev–Trinajstić information content (AvgIpc) is 3.08. The lowest BCUT2D eigenvalue weighted by molar-refractivity contribution is -0.110. The van der Waals surface area contributed by atoms with E-state index in [2.05, 4.69) is 21.2 Å². The van der Waals surface area contributed by atoms with Crippen LogP contribution in [0.3, 0.4) is 0 Å². The Morgan fingerprint density at radius 2 is 1.81 bits per heavy atom. The third-order valence-corrected chi connectivity index (χ3v) is 5.66. The van der Waals surface area contributed by atoms with Gasteiger partial charge in [0.2, 0.25) is 0 Å². The van der Waals surface area contributed by atoms with Crippen LogP contribution >= 0.6 is 15.9 Å². The van der Waals surface area contributed by atoms with Gasteiger partial charge in [0, 0.05) is 15.7 Å². The number of para-hydroxylation sites is 3. The second-order valence-electron chi connectivity index (χ2n) is 7.00. The molecule has 1 aliphatic rings. The molecule has 1 aliphatic heterocycles. The smallest absolute Gasteiger partial charge is 0.266 e. The van der Waals surface area contributed by atoms with Crippen LogP contribution in [0, 0.1) is 0 Å². The number of nitrogens with one attached hydrogen (secondary N) is 1. The Labute approximate surface area is 185 Å². The van der Waals surface area contributed by atoms with Crippen molar-refractivity contribution in [2.45, 2.75) is 0 Å². The number of nitrogens with zero attached hydrogens (tertiary/aromatic N) is 2. The first-order chi connectivity index (χ1) is 15.1. The Bertz CT molecular complexity index is 1460. The van der Waals surface area contributed by atoms with E-state index in [1.165, 1.54) is 4.57 Å². The molecule has 152 valence electrons. The van der Waals surface area contributed by atoms with Crippen molar-refractivity contribution in [1.82, 2.24) is 9.55 Å². The summed E-state index contributed by atoms with van der Waals surface area (Å²) in [5.74, 6) is 0.619. The maximum atomic E-state index is 13.5. The van der Waals surface area contributed by atoms with Gasteiger partial charge >= 0.3 is 0 Å². The molecule has 0 radical (unpaired) electrons. The van der Waals surface area contributed by atoms with Crippen molar-refractivity contribution in [3.05, 3.63) is 92.9 Å². The monoisotopic (exact) mass is 473 g/mol. The normalized spacial score (nSPS) is 14.0. The molecule has 0 atom stereocenters. The van der Waals surface area contributed by atoms with E-state index in [0.29, 0.717) is 39.4 Å². The van der Waals surface area contributed by atoms with Crippen molar-refractivity contribution < 1.29 is 9.53 Å². The maximum absolute atomic E-state index is 13.5. The van der Waals surface area contributed by atoms with Crippen LogP contribution in [0.5, 0.6) is 5.75 Å². The van der Waals surface area contributed by atoms with Gasteiger partial charge in [0.05, 0.1) is 29.3 Å². The van der Waals surface area contributed by atoms with Gasteiger partial charge in [0.25, 0.3) is 11.5 Å². The van der Waals surface area contributed by atoms with Crippen molar-refractivity contribution in [1.29, 1.82) is 0 Å². The number of anilines is 1. The highest BCUT2D eigenvalue weighted by molar-refractivity contribution is 9.10. The fraction of sp³-hybridized carbons (Fsp3) is 0.0417. The number of aromatic nitrogens is 2. The molecule has 4 aromatic rings. The van der Waals surface area contributed by atoms with E-state index in [1.54, 1.807) is 43.5 Å². The summed E-state index contributed by atoms with van der Waals surface area (Å²) >= 11 is 3.46. The van der Waals surface area contributed by atoms with Crippen molar-refractivity contribution in [2.24, 2.45) is 0 Å². The quantitative estimate of drug-likeness (QED) is 0.439. The number of amides is 1. The Morgan fingerprint density at radius 1 is 1.03 bits per heavy atom. The second kappa shape index (κ2) is 7.52. The van der Waals surface area contributed by atoms with Gasteiger partial charge in [-0.3, -0.25) is 14.2 Å². The number of hydrogen-bond donors (Lipinski definition) is 1. The average molecular weight is 474 g/mol. The summed E-state index contributed by atoms with van der Waals surface area (Å²) in [7, 11) is 1.55. The summed E-state index contributed by atoms with van der Waals surface area (Å²) < 4.78 is 7.82. The van der Waals surface area contributed by atoms with Crippen LogP contribution in [0.1, 0.15) is 11.4 Å². The lowest BCUT2D eigenvalue weighted by atomic mass is 10.1. The zero-order valence-corrected chi connectivity index (χ0v) is 18.0. The summed E-state index contributed by atoms with van der Waals surface area (Å²) in [5.41, 5.74) is 2.75. The molecule has 2 heterocycles. The Kier molecular flexibility index (Phi) is 4.67. The third kappa shape index (κ3) is 3.23. The van der Waals surface area contributed by atoms with E-state index in [-0.39, 0.29) is 11.5 Å². The van der Waals surface area contributed by atoms with E-state index in [0.717, 1.165) is 10.0 Å². The Balaban J connectivity index is 1.84. The van der Waals surface area contributed by atoms with Crippen LogP contribution in [0.2, 0.25) is 0 Å². The molecule has 6 nitrogen and oxygen atoms in total. The summed E-state index contributed by atoms with van der Waals surface area (Å²) in [6.07, 6.45) is 1.65. The van der Waals surface area contributed by atoms with Crippen LogP contribution in [0.25, 0.3) is 28.2 Å². The van der Waals surface area contributed by atoms with E-state index in [1.807, 2.05) is 36.4 Å². The number of carbonyl (C=O) groups excluding carboxylic acids is 1. The SMILES string of the molecule is COc1ccccc1-n1c(/C=C2\C(=O)Nc3ccc(Br)cc32)nc2ccccc2c1=O. The van der Waals surface area contributed by atoms with Crippen LogP contribution in [-0.4, -0.2) is 22.6 Å². The van der Waals surface area contributed by atoms with Crippen molar-refractivity contribution in [2.75, 3.05) is 12.4 Å². The fourth-order valence-corrected chi connectivity index (χ4v) is 4.09. The number of benzene rings is 3. The number of carbonyl (C=O) groups is 1. The molecule has 0 aliphatic carbocycles. The number of ether oxygens (including phenoxy) is 1. The van der Waals surface area contributed by atoms with Gasteiger partial charge < -0.3 is 10.1 Å². The van der Waals surface area contributed by atoms with E-state index < -0.39 is 0 Å². The number of fused-ring (bicyclic) bond motifs is 2. The lowest BCUT2D eigenvalue weighted by Crippen LogP contribution is -2.23. The van der Waals surface area contributed by atoms with Gasteiger partial charge in [-0.1, -0.05) is 40.2 Å². The first kappa shape index (κ1) is 19.3. The van der Waals surface area contributed by atoms with Crippen molar-refractivity contribution in [3.8, 4) is 11.4 Å². The number of methoxy groups -OCH3 is 1. The van der Waals surface area contributed by atoms with Crippen molar-refractivity contribution >= 4 is 50.1 Å². The number of rotatable bonds is 3. The number of halogens is 1. The highest BCUT2D eigenvalue weighted by atomic mass is 79.9. The van der Waals surface area contributed by atoms with Crippen LogP contribution in [0.4, 0.5) is 5.69 Å². The van der Waals surface area contributed by atoms with Crippen LogP contribution < -0.4 is 15.6 Å². The van der Waals surface area contributed by atoms with Crippen LogP contribution in [-0.2, 0) is 4.79 Å². The molecule has 0 spiro atoms. The first-order valence-electron chi connectivity index (χ1n) is 9.55. The van der Waals surface area contributed by atoms with Gasteiger partial charge in [0.1, 0.15) is 11.6 Å². The van der Waals surface area contributed by atoms with Gasteiger partial charge in [-0.25, -0.2) is 4.98 Å². The maximum Gasteiger partial charge on any atom is 0.266 e. The summed E-state index contributed by atoms with van der Waals surface area (Å²) in [6.45, 7) is 0. The molecule has 0 saturated carbocycles. The standard InChI is InChI=1S/C24H16BrN3O3/c1-31-21-9-5-4-8-20(21)28-22(26-18-7-3-2-6-15(18)24(28)30)13-17-16-12-14(25)10-11-19(16)27-23(17)29/h2-13H,1H3,(H,27,29)/b17-13-. The lowest BCUT2D eigenvalue weighted by Gasteiger charge is -2.15. The van der Waals surface area contributed by atoms with E-state index in [4.69, 9.17) is 9.72 Å². The second-order valence-corrected chi connectivity index (χ2v) is 7.92. The zero-order chi connectivity index (χ0) is 21.5. The molecule has 1 amide bonds. The molecule has 1 N–H and O–H groups in total. The van der Waals surface area contributed by atoms with Gasteiger partial charge in [-0.15, -0.1) is 0 Å². The topological polar surface area (TPSA) is 73.2 Å². The molecule has 0 saturated heterocycles. The minimum Gasteiger partial charge on any atom is -0.495 e. The van der Waals surface area contributed by atoms with Crippen molar-refractivity contribution in [3.63, 3.8) is 0 Å². The predicted octanol–water partition coefficient (Wildman–Crippen LogP) is 4.65. The van der Waals surface area contributed by atoms with Crippen LogP contribution in [0.15, 0.2) is 76.0 Å². The molecule has 1 aromatic heterocycles. The largest absolute Gasteiger partial charge is 0.495 e. The minimum atomic E-state index is -0.248. The summed E-state index contributed by atoms with van der Waals surface area (Å²) in [6, 6.07) is 19.9. The molecular weight excluding hydrogens is 458 g/mol. The van der Waals surface area contributed by atoms with E-state index in [9.17, 15) is 9.59 Å². The van der Waals surface area contributed by atoms with Gasteiger partial charge in [0.15, 0.2) is 0 Å². The molecular formula is C24H16BrN3O3. The molecule has 7 heteroatoms. The van der Waals surface area contributed by atoms with Gasteiger partial charge in [-0.05, 0) is 48.5 Å². The van der Waals surface area contributed by atoms with Gasteiger partial charge in [-0.2, -0.15) is 0 Å². The molecule has 0 unspecified atom stereocenters. The molecule has 31 heavy (non-hydrogen) atoms. The Morgan fingerprint density at radius 3 is 2.65 bits per heavy atom. The molecule has 0 fully saturated rings. The fourth-order valence-electron chi connectivity index (χ4n) is 3.73.